The Balaban J connectivity index is 1.72. The van der Waals surface area contributed by atoms with Gasteiger partial charge in [0, 0.05) is 50.7 Å². The average molecular weight is 323 g/mol. The van der Waals surface area contributed by atoms with Crippen LogP contribution in [0.25, 0.3) is 0 Å². The Labute approximate surface area is 142 Å². The third kappa shape index (κ3) is 3.38. The largest absolute Gasteiger partial charge is 0.370 e. The molecule has 0 unspecified atom stereocenters. The number of aromatic nitrogens is 3. The molecule has 0 aliphatic carbocycles. The van der Waals surface area contributed by atoms with Gasteiger partial charge in [-0.05, 0) is 26.0 Å². The van der Waals surface area contributed by atoms with Gasteiger partial charge >= 0.3 is 0 Å². The molecular formula is C17H21N7. The second-order valence-corrected chi connectivity index (χ2v) is 5.68. The molecule has 3 rings (SSSR count). The smallest absolute Gasteiger partial charge is 0.227 e. The first-order valence-corrected chi connectivity index (χ1v) is 8.16. The summed E-state index contributed by atoms with van der Waals surface area (Å²) in [5, 5.41) is 12.5. The van der Waals surface area contributed by atoms with Crippen molar-refractivity contribution in [2.24, 2.45) is 0 Å². The average Bonchev–Trinajstić information content (AvgIpc) is 2.61. The van der Waals surface area contributed by atoms with Crippen molar-refractivity contribution in [1.82, 2.24) is 15.0 Å². The lowest BCUT2D eigenvalue weighted by Crippen LogP contribution is -2.47. The van der Waals surface area contributed by atoms with Crippen LogP contribution in [0.2, 0.25) is 0 Å². The number of piperazine rings is 1. The molecule has 0 spiro atoms. The molecule has 1 aliphatic heterocycles. The van der Waals surface area contributed by atoms with Crippen molar-refractivity contribution in [3.63, 3.8) is 0 Å². The van der Waals surface area contributed by atoms with Crippen LogP contribution in [0.5, 0.6) is 0 Å². The van der Waals surface area contributed by atoms with E-state index in [1.807, 2.05) is 25.1 Å². The van der Waals surface area contributed by atoms with Gasteiger partial charge in [0.2, 0.25) is 5.95 Å². The Hall–Kier alpha value is -2.88. The van der Waals surface area contributed by atoms with Gasteiger partial charge in [0.15, 0.2) is 5.69 Å². The number of nitriles is 1. The maximum atomic E-state index is 9.21. The Kier molecular flexibility index (Phi) is 4.75. The SMILES string of the molecule is CCNc1cc(C)nc(N2CCN(c3cccnc3C#N)CC2)n1. The van der Waals surface area contributed by atoms with E-state index in [9.17, 15) is 5.26 Å². The molecule has 7 nitrogen and oxygen atoms in total. The number of nitrogens with zero attached hydrogens (tertiary/aromatic N) is 6. The third-order valence-electron chi connectivity index (χ3n) is 4.00. The van der Waals surface area contributed by atoms with Gasteiger partial charge in [-0.25, -0.2) is 9.97 Å². The highest BCUT2D eigenvalue weighted by molar-refractivity contribution is 5.57. The molecule has 2 aromatic heterocycles. The summed E-state index contributed by atoms with van der Waals surface area (Å²) in [5.41, 5.74) is 2.34. The molecule has 7 heteroatoms. The molecule has 0 aromatic carbocycles. The predicted molar refractivity (Wildman–Crippen MR) is 94.3 cm³/mol. The van der Waals surface area contributed by atoms with Crippen LogP contribution in [0.1, 0.15) is 18.3 Å². The second-order valence-electron chi connectivity index (χ2n) is 5.68. The van der Waals surface area contributed by atoms with E-state index < -0.39 is 0 Å². The summed E-state index contributed by atoms with van der Waals surface area (Å²) < 4.78 is 0. The van der Waals surface area contributed by atoms with Crippen LogP contribution < -0.4 is 15.1 Å². The van der Waals surface area contributed by atoms with E-state index >= 15 is 0 Å². The number of hydrogen-bond donors (Lipinski definition) is 1. The standard InChI is InChI=1S/C17H21N7/c1-3-19-16-11-13(2)21-17(22-16)24-9-7-23(8-10-24)15-5-4-6-20-14(15)12-18/h4-6,11H,3,7-10H2,1-2H3,(H,19,21,22). The highest BCUT2D eigenvalue weighted by atomic mass is 15.3. The summed E-state index contributed by atoms with van der Waals surface area (Å²) in [6, 6.07) is 7.94. The Bertz CT molecular complexity index is 745. The van der Waals surface area contributed by atoms with Crippen molar-refractivity contribution in [2.75, 3.05) is 47.8 Å². The lowest BCUT2D eigenvalue weighted by atomic mass is 10.2. The van der Waals surface area contributed by atoms with Gasteiger partial charge in [0.25, 0.3) is 0 Å². The molecule has 2 aromatic rings. The minimum atomic E-state index is 0.479. The van der Waals surface area contributed by atoms with Gasteiger partial charge in [0.05, 0.1) is 5.69 Å². The summed E-state index contributed by atoms with van der Waals surface area (Å²) in [4.78, 5) is 17.7. The first-order valence-electron chi connectivity index (χ1n) is 8.16. The van der Waals surface area contributed by atoms with Crippen molar-refractivity contribution in [3.05, 3.63) is 35.8 Å². The summed E-state index contributed by atoms with van der Waals surface area (Å²) in [7, 11) is 0. The zero-order valence-corrected chi connectivity index (χ0v) is 14.0. The topological polar surface area (TPSA) is 81.0 Å². The fourth-order valence-electron chi connectivity index (χ4n) is 2.85. The van der Waals surface area contributed by atoms with Crippen molar-refractivity contribution in [3.8, 4) is 6.07 Å². The Morgan fingerprint density at radius 2 is 1.96 bits per heavy atom. The third-order valence-corrected chi connectivity index (χ3v) is 4.00. The molecule has 0 atom stereocenters. The molecule has 1 aliphatic rings. The van der Waals surface area contributed by atoms with E-state index in [1.165, 1.54) is 0 Å². The normalized spacial score (nSPS) is 14.4. The van der Waals surface area contributed by atoms with Gasteiger partial charge in [-0.2, -0.15) is 10.2 Å². The van der Waals surface area contributed by atoms with Crippen LogP contribution in [-0.2, 0) is 0 Å². The fourth-order valence-corrected chi connectivity index (χ4v) is 2.85. The molecule has 1 fully saturated rings. The highest BCUT2D eigenvalue weighted by Gasteiger charge is 2.21. The van der Waals surface area contributed by atoms with Gasteiger partial charge in [0.1, 0.15) is 11.9 Å². The molecule has 0 saturated carbocycles. The summed E-state index contributed by atoms with van der Waals surface area (Å²) in [5.74, 6) is 1.62. The number of anilines is 3. The van der Waals surface area contributed by atoms with E-state index in [0.29, 0.717) is 5.69 Å². The number of rotatable bonds is 4. The molecule has 3 heterocycles. The number of nitrogens with one attached hydrogen (secondary N) is 1. The van der Waals surface area contributed by atoms with E-state index in [1.54, 1.807) is 6.20 Å². The number of pyridine rings is 1. The van der Waals surface area contributed by atoms with Crippen LogP contribution >= 0.6 is 0 Å². The molecular weight excluding hydrogens is 302 g/mol. The molecule has 1 saturated heterocycles. The van der Waals surface area contributed by atoms with Crippen molar-refractivity contribution in [2.45, 2.75) is 13.8 Å². The first-order chi connectivity index (χ1) is 11.7. The van der Waals surface area contributed by atoms with Gasteiger partial charge in [-0.15, -0.1) is 0 Å². The number of hydrogen-bond acceptors (Lipinski definition) is 7. The molecule has 0 radical (unpaired) electrons. The van der Waals surface area contributed by atoms with Crippen molar-refractivity contribution in [1.29, 1.82) is 5.26 Å². The van der Waals surface area contributed by atoms with Gasteiger partial charge < -0.3 is 15.1 Å². The highest BCUT2D eigenvalue weighted by Crippen LogP contribution is 2.21. The van der Waals surface area contributed by atoms with Crippen molar-refractivity contribution < 1.29 is 0 Å². The van der Waals surface area contributed by atoms with Crippen LogP contribution in [0, 0.1) is 18.3 Å². The summed E-state index contributed by atoms with van der Waals surface area (Å²) >= 11 is 0. The minimum absolute atomic E-state index is 0.479. The molecule has 124 valence electrons. The quantitative estimate of drug-likeness (QED) is 0.919. The van der Waals surface area contributed by atoms with E-state index in [4.69, 9.17) is 0 Å². The zero-order chi connectivity index (χ0) is 16.9. The predicted octanol–water partition coefficient (Wildman–Crippen LogP) is 1.81. The maximum absolute atomic E-state index is 9.21. The van der Waals surface area contributed by atoms with Crippen LogP contribution in [0.15, 0.2) is 24.4 Å². The van der Waals surface area contributed by atoms with Crippen LogP contribution in [-0.4, -0.2) is 47.7 Å². The molecule has 24 heavy (non-hydrogen) atoms. The Morgan fingerprint density at radius 1 is 1.21 bits per heavy atom. The lowest BCUT2D eigenvalue weighted by molar-refractivity contribution is 0.638. The second kappa shape index (κ2) is 7.13. The van der Waals surface area contributed by atoms with E-state index in [2.05, 4.69) is 43.1 Å². The summed E-state index contributed by atoms with van der Waals surface area (Å²) in [6.07, 6.45) is 1.65. The maximum Gasteiger partial charge on any atom is 0.227 e. The molecule has 1 N–H and O–H groups in total. The van der Waals surface area contributed by atoms with E-state index in [0.717, 1.165) is 55.9 Å². The van der Waals surface area contributed by atoms with Crippen LogP contribution in [0.4, 0.5) is 17.5 Å². The first kappa shape index (κ1) is 16.0. The zero-order valence-electron chi connectivity index (χ0n) is 14.0. The van der Waals surface area contributed by atoms with Crippen LogP contribution in [0.3, 0.4) is 0 Å². The van der Waals surface area contributed by atoms with Gasteiger partial charge in [-0.3, -0.25) is 0 Å². The molecule has 0 amide bonds. The lowest BCUT2D eigenvalue weighted by Gasteiger charge is -2.36. The number of aryl methyl sites for hydroxylation is 1. The fraction of sp³-hybridized carbons (Fsp3) is 0.412. The minimum Gasteiger partial charge on any atom is -0.370 e. The van der Waals surface area contributed by atoms with Crippen molar-refractivity contribution >= 4 is 17.5 Å². The molecule has 0 bridgehead atoms. The summed E-state index contributed by atoms with van der Waals surface area (Å²) in [6.45, 7) is 8.13. The Morgan fingerprint density at radius 3 is 2.67 bits per heavy atom. The van der Waals surface area contributed by atoms with E-state index in [-0.39, 0.29) is 0 Å². The van der Waals surface area contributed by atoms with Gasteiger partial charge in [-0.1, -0.05) is 0 Å². The monoisotopic (exact) mass is 323 g/mol.